The van der Waals surface area contributed by atoms with Crippen LogP contribution in [0, 0.1) is 0 Å². The first-order valence-electron chi connectivity index (χ1n) is 6.99. The average Bonchev–Trinajstić information content (AvgIpc) is 2.88. The molecule has 1 aliphatic rings. The van der Waals surface area contributed by atoms with Crippen molar-refractivity contribution in [1.82, 2.24) is 5.32 Å². The third-order valence-corrected chi connectivity index (χ3v) is 4.06. The summed E-state index contributed by atoms with van der Waals surface area (Å²) in [6.07, 6.45) is 0.844. The molecule has 1 aliphatic heterocycles. The third kappa shape index (κ3) is 2.94. The highest BCUT2D eigenvalue weighted by Crippen LogP contribution is 2.33. The number of hydrogen-bond donors (Lipinski definition) is 4. The number of carbonyl (C=O) groups is 1. The van der Waals surface area contributed by atoms with Crippen molar-refractivity contribution in [3.63, 3.8) is 0 Å². The summed E-state index contributed by atoms with van der Waals surface area (Å²) < 4.78 is 0. The van der Waals surface area contributed by atoms with Gasteiger partial charge in [-0.1, -0.05) is 25.1 Å². The van der Waals surface area contributed by atoms with Crippen LogP contribution < -0.4 is 10.6 Å². The van der Waals surface area contributed by atoms with Crippen LogP contribution in [0.2, 0.25) is 0 Å². The molecule has 5 heteroatoms. The van der Waals surface area contributed by atoms with Crippen molar-refractivity contribution in [2.75, 3.05) is 25.1 Å². The number of fused-ring (bicyclic) bond motifs is 1. The quantitative estimate of drug-likeness (QED) is 0.621. The molecular formula is C15H22N2O3. The van der Waals surface area contributed by atoms with Crippen LogP contribution in [0.1, 0.15) is 31.2 Å². The van der Waals surface area contributed by atoms with Gasteiger partial charge in [-0.3, -0.25) is 4.79 Å². The minimum Gasteiger partial charge on any atom is -0.394 e. The fourth-order valence-corrected chi connectivity index (χ4v) is 2.55. The van der Waals surface area contributed by atoms with Gasteiger partial charge < -0.3 is 20.8 Å². The SMILES string of the molecule is CCC(CO)(CO)NC(=O)CC1CNc2ccccc21. The topological polar surface area (TPSA) is 81.6 Å². The molecule has 0 aromatic heterocycles. The number of benzene rings is 1. The second-order valence-corrected chi connectivity index (χ2v) is 5.37. The smallest absolute Gasteiger partial charge is 0.221 e. The van der Waals surface area contributed by atoms with Crippen LogP contribution in [0.5, 0.6) is 0 Å². The number of rotatable bonds is 6. The number of nitrogens with one attached hydrogen (secondary N) is 2. The molecule has 1 unspecified atom stereocenters. The van der Waals surface area contributed by atoms with Crippen LogP contribution in [0.4, 0.5) is 5.69 Å². The van der Waals surface area contributed by atoms with Gasteiger partial charge in [-0.2, -0.15) is 0 Å². The second-order valence-electron chi connectivity index (χ2n) is 5.37. The van der Waals surface area contributed by atoms with Gasteiger partial charge in [0.15, 0.2) is 0 Å². The van der Waals surface area contributed by atoms with Gasteiger partial charge in [0.25, 0.3) is 0 Å². The minimum atomic E-state index is -0.914. The van der Waals surface area contributed by atoms with Crippen molar-refractivity contribution >= 4 is 11.6 Å². The first kappa shape index (κ1) is 14.8. The molecule has 0 saturated carbocycles. The van der Waals surface area contributed by atoms with Crippen LogP contribution in [0.15, 0.2) is 24.3 Å². The Kier molecular flexibility index (Phi) is 4.62. The highest BCUT2D eigenvalue weighted by molar-refractivity contribution is 5.79. The molecule has 1 atom stereocenters. The Hall–Kier alpha value is -1.59. The van der Waals surface area contributed by atoms with Crippen molar-refractivity contribution in [2.45, 2.75) is 31.2 Å². The lowest BCUT2D eigenvalue weighted by molar-refractivity contribution is -0.124. The van der Waals surface area contributed by atoms with E-state index in [1.54, 1.807) is 0 Å². The van der Waals surface area contributed by atoms with Crippen LogP contribution in [-0.2, 0) is 4.79 Å². The Morgan fingerprint density at radius 3 is 2.75 bits per heavy atom. The minimum absolute atomic E-state index is 0.137. The molecule has 1 aromatic carbocycles. The van der Waals surface area contributed by atoms with E-state index in [2.05, 4.69) is 10.6 Å². The maximum atomic E-state index is 12.1. The first-order chi connectivity index (χ1) is 9.64. The van der Waals surface area contributed by atoms with Crippen molar-refractivity contribution in [3.8, 4) is 0 Å². The second kappa shape index (κ2) is 6.24. The highest BCUT2D eigenvalue weighted by atomic mass is 16.3. The number of hydrogen-bond acceptors (Lipinski definition) is 4. The monoisotopic (exact) mass is 278 g/mol. The summed E-state index contributed by atoms with van der Waals surface area (Å²) in [4.78, 5) is 12.1. The van der Waals surface area contributed by atoms with Crippen LogP contribution >= 0.6 is 0 Å². The zero-order chi connectivity index (χ0) is 14.6. The van der Waals surface area contributed by atoms with Crippen molar-refractivity contribution < 1.29 is 15.0 Å². The summed E-state index contributed by atoms with van der Waals surface area (Å²) in [5.41, 5.74) is 1.32. The number of anilines is 1. The molecule has 0 radical (unpaired) electrons. The molecule has 0 spiro atoms. The molecule has 110 valence electrons. The molecule has 4 N–H and O–H groups in total. The van der Waals surface area contributed by atoms with Gasteiger partial charge in [0.2, 0.25) is 5.91 Å². The predicted molar refractivity (Wildman–Crippen MR) is 77.6 cm³/mol. The summed E-state index contributed by atoms with van der Waals surface area (Å²) in [6, 6.07) is 7.96. The molecule has 2 rings (SSSR count). The Morgan fingerprint density at radius 2 is 2.10 bits per heavy atom. The lowest BCUT2D eigenvalue weighted by Crippen LogP contribution is -2.54. The molecule has 1 heterocycles. The lowest BCUT2D eigenvalue weighted by Gasteiger charge is -2.30. The van der Waals surface area contributed by atoms with Gasteiger partial charge in [0.1, 0.15) is 0 Å². The number of para-hydroxylation sites is 1. The van der Waals surface area contributed by atoms with Crippen molar-refractivity contribution in [1.29, 1.82) is 0 Å². The van der Waals surface area contributed by atoms with E-state index in [-0.39, 0.29) is 25.0 Å². The number of amides is 1. The van der Waals surface area contributed by atoms with Gasteiger partial charge in [-0.25, -0.2) is 0 Å². The van der Waals surface area contributed by atoms with Gasteiger partial charge in [0.05, 0.1) is 18.8 Å². The van der Waals surface area contributed by atoms with E-state index in [0.29, 0.717) is 12.8 Å². The average molecular weight is 278 g/mol. The van der Waals surface area contributed by atoms with Crippen LogP contribution in [0.25, 0.3) is 0 Å². The Bertz CT molecular complexity index is 464. The fraction of sp³-hybridized carbons (Fsp3) is 0.533. The van der Waals surface area contributed by atoms with E-state index in [1.807, 2.05) is 31.2 Å². The van der Waals surface area contributed by atoms with E-state index >= 15 is 0 Å². The zero-order valence-electron chi connectivity index (χ0n) is 11.7. The van der Waals surface area contributed by atoms with E-state index in [9.17, 15) is 15.0 Å². The molecular weight excluding hydrogens is 256 g/mol. The summed E-state index contributed by atoms with van der Waals surface area (Å²) >= 11 is 0. The normalized spacial score (nSPS) is 17.4. The predicted octanol–water partition coefficient (Wildman–Crippen LogP) is 0.835. The summed E-state index contributed by atoms with van der Waals surface area (Å²) in [6.45, 7) is 2.06. The van der Waals surface area contributed by atoms with Crippen LogP contribution in [0.3, 0.4) is 0 Å². The van der Waals surface area contributed by atoms with Crippen LogP contribution in [-0.4, -0.2) is 41.4 Å². The summed E-state index contributed by atoms with van der Waals surface area (Å²) in [5.74, 6) is -0.00315. The summed E-state index contributed by atoms with van der Waals surface area (Å²) in [7, 11) is 0. The molecule has 20 heavy (non-hydrogen) atoms. The molecule has 1 amide bonds. The standard InChI is InChI=1S/C15H22N2O3/c1-2-15(9-18,10-19)17-14(20)7-11-8-16-13-6-4-3-5-12(11)13/h3-6,11,16,18-19H,2,7-10H2,1H3,(H,17,20). The molecule has 0 bridgehead atoms. The largest absolute Gasteiger partial charge is 0.394 e. The van der Waals surface area contributed by atoms with Gasteiger partial charge in [-0.15, -0.1) is 0 Å². The summed E-state index contributed by atoms with van der Waals surface area (Å²) in [5, 5.41) is 24.8. The molecule has 0 fully saturated rings. The lowest BCUT2D eigenvalue weighted by atomic mass is 9.95. The first-order valence-corrected chi connectivity index (χ1v) is 6.99. The number of aliphatic hydroxyl groups excluding tert-OH is 2. The Labute approximate surface area is 119 Å². The van der Waals surface area contributed by atoms with E-state index < -0.39 is 5.54 Å². The molecule has 1 aromatic rings. The van der Waals surface area contributed by atoms with Gasteiger partial charge >= 0.3 is 0 Å². The third-order valence-electron chi connectivity index (χ3n) is 4.06. The maximum Gasteiger partial charge on any atom is 0.221 e. The van der Waals surface area contributed by atoms with Gasteiger partial charge in [-0.05, 0) is 18.1 Å². The van der Waals surface area contributed by atoms with E-state index in [0.717, 1.165) is 17.8 Å². The van der Waals surface area contributed by atoms with Gasteiger partial charge in [0, 0.05) is 24.6 Å². The van der Waals surface area contributed by atoms with E-state index in [4.69, 9.17) is 0 Å². The zero-order valence-corrected chi connectivity index (χ0v) is 11.7. The Balaban J connectivity index is 1.99. The molecule has 0 saturated heterocycles. The maximum absolute atomic E-state index is 12.1. The molecule has 0 aliphatic carbocycles. The fourth-order valence-electron chi connectivity index (χ4n) is 2.55. The molecule has 5 nitrogen and oxygen atoms in total. The number of carbonyl (C=O) groups excluding carboxylic acids is 1. The number of aliphatic hydroxyl groups is 2. The van der Waals surface area contributed by atoms with Crippen molar-refractivity contribution in [3.05, 3.63) is 29.8 Å². The Morgan fingerprint density at radius 1 is 1.40 bits per heavy atom. The highest BCUT2D eigenvalue weighted by Gasteiger charge is 2.31. The van der Waals surface area contributed by atoms with E-state index in [1.165, 1.54) is 0 Å². The van der Waals surface area contributed by atoms with Crippen molar-refractivity contribution in [2.24, 2.45) is 0 Å².